The van der Waals surface area contributed by atoms with Gasteiger partial charge in [0.1, 0.15) is 0 Å². The molecule has 16 heavy (non-hydrogen) atoms. The Morgan fingerprint density at radius 3 is 2.25 bits per heavy atom. The lowest BCUT2D eigenvalue weighted by Gasteiger charge is -2.26. The predicted molar refractivity (Wildman–Crippen MR) is 66.3 cm³/mol. The first-order valence-electron chi connectivity index (χ1n) is 5.68. The second-order valence-electron chi connectivity index (χ2n) is 4.53. The lowest BCUT2D eigenvalue weighted by molar-refractivity contribution is 0.149. The van der Waals surface area contributed by atoms with Crippen LogP contribution in [0.2, 0.25) is 0 Å². The van der Waals surface area contributed by atoms with Crippen LogP contribution in [-0.2, 0) is 6.61 Å². The maximum Gasteiger partial charge on any atom is 0.0681 e. The van der Waals surface area contributed by atoms with Crippen LogP contribution < -0.4 is 5.32 Å². The fraction of sp³-hybridized carbons (Fsp3) is 0.538. The first-order valence-corrected chi connectivity index (χ1v) is 5.68. The Bertz CT molecular complexity index is 304. The SMILES string of the molecule is CCC(C)(CO)CNc1ccc(CO)cc1. The van der Waals surface area contributed by atoms with E-state index in [1.165, 1.54) is 0 Å². The molecule has 0 spiro atoms. The van der Waals surface area contributed by atoms with Crippen LogP contribution in [-0.4, -0.2) is 23.4 Å². The molecule has 1 aromatic carbocycles. The van der Waals surface area contributed by atoms with Gasteiger partial charge >= 0.3 is 0 Å². The van der Waals surface area contributed by atoms with Crippen molar-refractivity contribution >= 4 is 5.69 Å². The summed E-state index contributed by atoms with van der Waals surface area (Å²) in [5.74, 6) is 0. The van der Waals surface area contributed by atoms with Crippen molar-refractivity contribution in [2.45, 2.75) is 26.9 Å². The van der Waals surface area contributed by atoms with Crippen molar-refractivity contribution < 1.29 is 10.2 Å². The monoisotopic (exact) mass is 223 g/mol. The molecular weight excluding hydrogens is 202 g/mol. The highest BCUT2D eigenvalue weighted by molar-refractivity contribution is 5.44. The number of hydrogen-bond acceptors (Lipinski definition) is 3. The van der Waals surface area contributed by atoms with Gasteiger partial charge in [0.15, 0.2) is 0 Å². The van der Waals surface area contributed by atoms with E-state index in [2.05, 4.69) is 19.2 Å². The molecule has 3 N–H and O–H groups in total. The fourth-order valence-electron chi connectivity index (χ4n) is 1.34. The van der Waals surface area contributed by atoms with Gasteiger partial charge in [-0.05, 0) is 24.1 Å². The second-order valence-corrected chi connectivity index (χ2v) is 4.53. The summed E-state index contributed by atoms with van der Waals surface area (Å²) in [4.78, 5) is 0. The van der Waals surface area contributed by atoms with Gasteiger partial charge in [-0.15, -0.1) is 0 Å². The Morgan fingerprint density at radius 2 is 1.81 bits per heavy atom. The van der Waals surface area contributed by atoms with E-state index in [9.17, 15) is 5.11 Å². The molecule has 0 aliphatic heterocycles. The number of rotatable bonds is 6. The van der Waals surface area contributed by atoms with Crippen LogP contribution in [0.4, 0.5) is 5.69 Å². The normalized spacial score (nSPS) is 14.5. The van der Waals surface area contributed by atoms with E-state index >= 15 is 0 Å². The van der Waals surface area contributed by atoms with E-state index in [-0.39, 0.29) is 18.6 Å². The average molecular weight is 223 g/mol. The van der Waals surface area contributed by atoms with E-state index in [0.29, 0.717) is 0 Å². The van der Waals surface area contributed by atoms with Gasteiger partial charge in [-0.3, -0.25) is 0 Å². The molecule has 1 unspecified atom stereocenters. The summed E-state index contributed by atoms with van der Waals surface area (Å²) in [6.45, 7) is 5.14. The van der Waals surface area contributed by atoms with Gasteiger partial charge in [0.25, 0.3) is 0 Å². The number of nitrogens with one attached hydrogen (secondary N) is 1. The summed E-state index contributed by atoms with van der Waals surface area (Å²) in [6, 6.07) is 7.67. The summed E-state index contributed by atoms with van der Waals surface area (Å²) in [6.07, 6.45) is 0.936. The molecule has 0 aromatic heterocycles. The van der Waals surface area contributed by atoms with E-state index < -0.39 is 0 Å². The van der Waals surface area contributed by atoms with Crippen molar-refractivity contribution in [1.82, 2.24) is 0 Å². The number of hydrogen-bond donors (Lipinski definition) is 3. The lowest BCUT2D eigenvalue weighted by atomic mass is 9.88. The predicted octanol–water partition coefficient (Wildman–Crippen LogP) is 2.00. The Labute approximate surface area is 97.1 Å². The third-order valence-corrected chi connectivity index (χ3v) is 3.09. The molecule has 1 rings (SSSR count). The first kappa shape index (κ1) is 13.0. The van der Waals surface area contributed by atoms with Crippen LogP contribution in [0.3, 0.4) is 0 Å². The molecule has 0 saturated heterocycles. The van der Waals surface area contributed by atoms with Gasteiger partial charge in [0, 0.05) is 17.6 Å². The van der Waals surface area contributed by atoms with Crippen LogP contribution in [0.5, 0.6) is 0 Å². The standard InChI is InChI=1S/C13H21NO2/c1-3-13(2,10-16)9-14-12-6-4-11(8-15)5-7-12/h4-7,14-16H,3,8-10H2,1-2H3. The summed E-state index contributed by atoms with van der Waals surface area (Å²) in [5, 5.41) is 21.5. The Morgan fingerprint density at radius 1 is 1.19 bits per heavy atom. The van der Waals surface area contributed by atoms with Gasteiger partial charge in [-0.2, -0.15) is 0 Å². The van der Waals surface area contributed by atoms with Crippen LogP contribution in [0.25, 0.3) is 0 Å². The molecule has 90 valence electrons. The third-order valence-electron chi connectivity index (χ3n) is 3.09. The van der Waals surface area contributed by atoms with Gasteiger partial charge in [-0.25, -0.2) is 0 Å². The minimum atomic E-state index is -0.0738. The van der Waals surface area contributed by atoms with Gasteiger partial charge in [0.2, 0.25) is 0 Å². The fourth-order valence-corrected chi connectivity index (χ4v) is 1.34. The average Bonchev–Trinajstić information content (AvgIpc) is 2.36. The zero-order valence-corrected chi connectivity index (χ0v) is 10.0. The zero-order valence-electron chi connectivity index (χ0n) is 10.0. The second kappa shape index (κ2) is 5.87. The Kier molecular flexibility index (Phi) is 4.77. The molecule has 0 aliphatic carbocycles. The molecule has 3 nitrogen and oxygen atoms in total. The maximum atomic E-state index is 9.27. The molecule has 0 aliphatic rings. The van der Waals surface area contributed by atoms with E-state index in [0.717, 1.165) is 24.2 Å². The van der Waals surface area contributed by atoms with Crippen molar-refractivity contribution in [3.8, 4) is 0 Å². The summed E-state index contributed by atoms with van der Waals surface area (Å²) < 4.78 is 0. The van der Waals surface area contributed by atoms with Crippen LogP contribution in [0, 0.1) is 5.41 Å². The lowest BCUT2D eigenvalue weighted by Crippen LogP contribution is -2.29. The molecule has 0 bridgehead atoms. The topological polar surface area (TPSA) is 52.5 Å². The number of aliphatic hydroxyl groups is 2. The largest absolute Gasteiger partial charge is 0.396 e. The zero-order chi connectivity index (χ0) is 12.0. The molecular formula is C13H21NO2. The number of anilines is 1. The molecule has 0 fully saturated rings. The highest BCUT2D eigenvalue weighted by Gasteiger charge is 2.20. The minimum absolute atomic E-state index is 0.0730. The van der Waals surface area contributed by atoms with Crippen molar-refractivity contribution in [3.05, 3.63) is 29.8 Å². The van der Waals surface area contributed by atoms with Gasteiger partial charge in [-0.1, -0.05) is 26.0 Å². The molecule has 0 amide bonds. The quantitative estimate of drug-likeness (QED) is 0.691. The first-order chi connectivity index (χ1) is 7.63. The summed E-state index contributed by atoms with van der Waals surface area (Å²) >= 11 is 0. The molecule has 0 radical (unpaired) electrons. The van der Waals surface area contributed by atoms with Gasteiger partial charge in [0.05, 0.1) is 13.2 Å². The Balaban J connectivity index is 2.54. The molecule has 0 heterocycles. The van der Waals surface area contributed by atoms with E-state index in [1.54, 1.807) is 0 Å². The van der Waals surface area contributed by atoms with Gasteiger partial charge < -0.3 is 15.5 Å². The number of aliphatic hydroxyl groups excluding tert-OH is 2. The van der Waals surface area contributed by atoms with E-state index in [1.807, 2.05) is 24.3 Å². The number of benzene rings is 1. The van der Waals surface area contributed by atoms with Crippen LogP contribution >= 0.6 is 0 Å². The molecule has 1 atom stereocenters. The van der Waals surface area contributed by atoms with Crippen LogP contribution in [0.15, 0.2) is 24.3 Å². The summed E-state index contributed by atoms with van der Waals surface area (Å²) in [5.41, 5.74) is 1.85. The smallest absolute Gasteiger partial charge is 0.0681 e. The van der Waals surface area contributed by atoms with E-state index in [4.69, 9.17) is 5.11 Å². The highest BCUT2D eigenvalue weighted by Crippen LogP contribution is 2.21. The van der Waals surface area contributed by atoms with Crippen molar-refractivity contribution in [3.63, 3.8) is 0 Å². The van der Waals surface area contributed by atoms with Crippen LogP contribution in [0.1, 0.15) is 25.8 Å². The molecule has 1 aromatic rings. The molecule has 3 heteroatoms. The molecule has 0 saturated carbocycles. The minimum Gasteiger partial charge on any atom is -0.396 e. The summed E-state index contributed by atoms with van der Waals surface area (Å²) in [7, 11) is 0. The Hall–Kier alpha value is -1.06. The van der Waals surface area contributed by atoms with Crippen molar-refractivity contribution in [2.24, 2.45) is 5.41 Å². The van der Waals surface area contributed by atoms with Crippen molar-refractivity contribution in [1.29, 1.82) is 0 Å². The maximum absolute atomic E-state index is 9.27. The third kappa shape index (κ3) is 3.51. The highest BCUT2D eigenvalue weighted by atomic mass is 16.3. The van der Waals surface area contributed by atoms with Crippen molar-refractivity contribution in [2.75, 3.05) is 18.5 Å².